The van der Waals surface area contributed by atoms with Crippen LogP contribution in [0.25, 0.3) is 0 Å². The Morgan fingerprint density at radius 3 is 2.36 bits per heavy atom. The van der Waals surface area contributed by atoms with Gasteiger partial charge in [0.25, 0.3) is 11.1 Å². The summed E-state index contributed by atoms with van der Waals surface area (Å²) in [4.78, 5) is 25.8. The third kappa shape index (κ3) is 7.43. The van der Waals surface area contributed by atoms with Crippen molar-refractivity contribution < 1.29 is 22.7 Å². The number of hydrogen-bond acceptors (Lipinski definition) is 8. The zero-order valence-electron chi connectivity index (χ0n) is 19.8. The summed E-state index contributed by atoms with van der Waals surface area (Å²) in [7, 11) is -0.614. The zero-order valence-corrected chi connectivity index (χ0v) is 20.6. The molecule has 1 heterocycles. The van der Waals surface area contributed by atoms with Gasteiger partial charge in [-0.15, -0.1) is 0 Å². The van der Waals surface area contributed by atoms with E-state index in [0.29, 0.717) is 17.9 Å². The first kappa shape index (κ1) is 26.6. The van der Waals surface area contributed by atoms with Crippen LogP contribution in [0.2, 0.25) is 0 Å². The highest BCUT2D eigenvalue weighted by molar-refractivity contribution is 7.90. The minimum atomic E-state index is -3.71. The molecule has 0 saturated carbocycles. The molecule has 0 spiro atoms. The fraction of sp³-hybridized carbons (Fsp3) is 0.545. The minimum absolute atomic E-state index is 0.0258. The van der Waals surface area contributed by atoms with Gasteiger partial charge in [-0.05, 0) is 36.0 Å². The SMILES string of the molecule is CC(C)C[C@H](CO)Nc1nc(CC(C)c2ccc(C(=O)N(C)C)c(F)c2)nc(S(C)(=O)=O)n1. The Balaban J connectivity index is 2.33. The third-order valence-corrected chi connectivity index (χ3v) is 5.84. The Kier molecular flexibility index (Phi) is 8.84. The van der Waals surface area contributed by atoms with Gasteiger partial charge in [0.2, 0.25) is 15.8 Å². The molecule has 11 heteroatoms. The van der Waals surface area contributed by atoms with Crippen molar-refractivity contribution in [3.8, 4) is 0 Å². The number of aliphatic hydroxyl groups is 1. The molecule has 2 rings (SSSR count). The van der Waals surface area contributed by atoms with Crippen molar-refractivity contribution in [2.24, 2.45) is 5.92 Å². The lowest BCUT2D eigenvalue weighted by Crippen LogP contribution is -2.27. The van der Waals surface area contributed by atoms with Gasteiger partial charge in [0.05, 0.1) is 18.2 Å². The molecule has 9 nitrogen and oxygen atoms in total. The van der Waals surface area contributed by atoms with Crippen molar-refractivity contribution in [2.75, 3.05) is 32.3 Å². The molecule has 33 heavy (non-hydrogen) atoms. The fourth-order valence-electron chi connectivity index (χ4n) is 3.29. The Labute approximate surface area is 194 Å². The lowest BCUT2D eigenvalue weighted by atomic mass is 9.96. The van der Waals surface area contributed by atoms with Gasteiger partial charge in [-0.2, -0.15) is 9.97 Å². The molecule has 2 atom stereocenters. The summed E-state index contributed by atoms with van der Waals surface area (Å²) in [6.07, 6.45) is 1.86. The summed E-state index contributed by atoms with van der Waals surface area (Å²) in [5, 5.41) is 12.2. The summed E-state index contributed by atoms with van der Waals surface area (Å²) >= 11 is 0. The zero-order chi connectivity index (χ0) is 24.9. The second-order valence-electron chi connectivity index (χ2n) is 8.83. The summed E-state index contributed by atoms with van der Waals surface area (Å²) in [5.41, 5.74) is 0.592. The number of halogens is 1. The van der Waals surface area contributed by atoms with Crippen molar-refractivity contribution >= 4 is 21.7 Å². The molecule has 1 aromatic heterocycles. The van der Waals surface area contributed by atoms with E-state index in [2.05, 4.69) is 20.3 Å². The van der Waals surface area contributed by atoms with Crippen LogP contribution in [0.5, 0.6) is 0 Å². The van der Waals surface area contributed by atoms with Gasteiger partial charge in [-0.25, -0.2) is 17.8 Å². The van der Waals surface area contributed by atoms with Crippen molar-refractivity contribution in [1.29, 1.82) is 0 Å². The standard InChI is InChI=1S/C22H32FN5O4S/c1-13(2)9-16(12-29)24-21-25-19(26-22(27-21)33(6,31)32)10-14(3)15-7-8-17(18(23)11-15)20(30)28(4)5/h7-8,11,13-14,16,29H,9-10,12H2,1-6H3,(H,24,25,26,27)/t14?,16-/m1/s1. The summed E-state index contributed by atoms with van der Waals surface area (Å²) in [6.45, 7) is 5.67. The molecular weight excluding hydrogens is 449 g/mol. The first-order valence-corrected chi connectivity index (χ1v) is 12.5. The molecule has 1 unspecified atom stereocenters. The van der Waals surface area contributed by atoms with Crippen molar-refractivity contribution in [3.63, 3.8) is 0 Å². The lowest BCUT2D eigenvalue weighted by Gasteiger charge is -2.19. The number of nitrogens with zero attached hydrogens (tertiary/aromatic N) is 4. The van der Waals surface area contributed by atoms with Gasteiger partial charge in [-0.3, -0.25) is 4.79 Å². The van der Waals surface area contributed by atoms with E-state index < -0.39 is 21.6 Å². The number of nitrogens with one attached hydrogen (secondary N) is 1. The highest BCUT2D eigenvalue weighted by Gasteiger charge is 2.21. The molecule has 0 fully saturated rings. The van der Waals surface area contributed by atoms with Gasteiger partial charge < -0.3 is 15.3 Å². The Hall–Kier alpha value is -2.66. The van der Waals surface area contributed by atoms with Gasteiger partial charge in [0, 0.05) is 26.8 Å². The van der Waals surface area contributed by atoms with Crippen LogP contribution in [0.15, 0.2) is 23.4 Å². The summed E-state index contributed by atoms with van der Waals surface area (Å²) < 4.78 is 38.8. The molecule has 0 bridgehead atoms. The molecule has 2 aromatic rings. The highest BCUT2D eigenvalue weighted by atomic mass is 32.2. The summed E-state index contributed by atoms with van der Waals surface area (Å²) in [5.74, 6) is -0.761. The van der Waals surface area contributed by atoms with E-state index in [1.54, 1.807) is 20.2 Å². The number of anilines is 1. The maximum atomic E-state index is 14.5. The average molecular weight is 482 g/mol. The van der Waals surface area contributed by atoms with Crippen molar-refractivity contribution in [1.82, 2.24) is 19.9 Å². The normalized spacial score (nSPS) is 13.6. The maximum Gasteiger partial charge on any atom is 0.256 e. The second kappa shape index (κ2) is 11.0. The number of carbonyl (C=O) groups excluding carboxylic acids is 1. The number of rotatable bonds is 10. The molecule has 182 valence electrons. The van der Waals surface area contributed by atoms with Gasteiger partial charge >= 0.3 is 0 Å². The van der Waals surface area contributed by atoms with E-state index in [4.69, 9.17) is 0 Å². The maximum absolute atomic E-state index is 14.5. The minimum Gasteiger partial charge on any atom is -0.394 e. The van der Waals surface area contributed by atoms with Crippen molar-refractivity contribution in [3.05, 3.63) is 41.0 Å². The van der Waals surface area contributed by atoms with E-state index in [9.17, 15) is 22.7 Å². The van der Waals surface area contributed by atoms with Crippen LogP contribution in [0.4, 0.5) is 10.3 Å². The van der Waals surface area contributed by atoms with E-state index in [0.717, 1.165) is 6.26 Å². The van der Waals surface area contributed by atoms with E-state index in [-0.39, 0.29) is 47.5 Å². The quantitative estimate of drug-likeness (QED) is 0.529. The number of benzene rings is 1. The molecule has 0 radical (unpaired) electrons. The van der Waals surface area contributed by atoms with Crippen LogP contribution < -0.4 is 5.32 Å². The number of carbonyl (C=O) groups is 1. The van der Waals surface area contributed by atoms with E-state index in [1.807, 2.05) is 20.8 Å². The van der Waals surface area contributed by atoms with Gasteiger partial charge in [0.15, 0.2) is 0 Å². The molecule has 1 aromatic carbocycles. The summed E-state index contributed by atoms with van der Waals surface area (Å²) in [6, 6.07) is 4.04. The number of aromatic nitrogens is 3. The highest BCUT2D eigenvalue weighted by Crippen LogP contribution is 2.23. The number of sulfone groups is 1. The predicted octanol–water partition coefficient (Wildman–Crippen LogP) is 2.28. The van der Waals surface area contributed by atoms with Gasteiger partial charge in [0.1, 0.15) is 11.6 Å². The fourth-order valence-corrected chi connectivity index (χ4v) is 3.82. The average Bonchev–Trinajstić information content (AvgIpc) is 2.71. The monoisotopic (exact) mass is 481 g/mol. The molecule has 0 aliphatic rings. The molecule has 0 aliphatic heterocycles. The Morgan fingerprint density at radius 1 is 1.18 bits per heavy atom. The largest absolute Gasteiger partial charge is 0.394 e. The van der Waals surface area contributed by atoms with Crippen LogP contribution >= 0.6 is 0 Å². The molecule has 0 aliphatic carbocycles. The topological polar surface area (TPSA) is 125 Å². The lowest BCUT2D eigenvalue weighted by molar-refractivity contribution is 0.0823. The van der Waals surface area contributed by atoms with Crippen molar-refractivity contribution in [2.45, 2.75) is 50.7 Å². The first-order valence-electron chi connectivity index (χ1n) is 10.6. The Bertz CT molecular complexity index is 1090. The Morgan fingerprint density at radius 2 is 1.85 bits per heavy atom. The van der Waals surface area contributed by atoms with Crippen LogP contribution in [-0.2, 0) is 16.3 Å². The smallest absolute Gasteiger partial charge is 0.256 e. The molecule has 2 N–H and O–H groups in total. The van der Waals surface area contributed by atoms with E-state index >= 15 is 0 Å². The second-order valence-corrected chi connectivity index (χ2v) is 10.7. The molecule has 0 saturated heterocycles. The molecular formula is C22H32FN5O4S. The number of hydrogen-bond donors (Lipinski definition) is 2. The van der Waals surface area contributed by atoms with Crippen LogP contribution in [0.3, 0.4) is 0 Å². The van der Waals surface area contributed by atoms with E-state index in [1.165, 1.54) is 17.0 Å². The first-order chi connectivity index (χ1) is 15.3. The molecule has 1 amide bonds. The van der Waals surface area contributed by atoms with Crippen LogP contribution in [0.1, 0.15) is 54.9 Å². The van der Waals surface area contributed by atoms with Gasteiger partial charge in [-0.1, -0.05) is 26.8 Å². The third-order valence-electron chi connectivity index (χ3n) is 4.99. The van der Waals surface area contributed by atoms with Crippen LogP contribution in [0, 0.1) is 11.7 Å². The predicted molar refractivity (Wildman–Crippen MR) is 123 cm³/mol. The number of aliphatic hydroxyl groups excluding tert-OH is 1. The van der Waals surface area contributed by atoms with Crippen LogP contribution in [-0.4, -0.2) is 72.3 Å². The number of amides is 1.